The van der Waals surface area contributed by atoms with Crippen molar-refractivity contribution in [3.63, 3.8) is 0 Å². The van der Waals surface area contributed by atoms with Crippen molar-refractivity contribution < 1.29 is 0 Å². The van der Waals surface area contributed by atoms with Crippen molar-refractivity contribution >= 4 is 23.8 Å². The monoisotopic (exact) mass is 270 g/mol. The van der Waals surface area contributed by atoms with Crippen LogP contribution in [0.25, 0.3) is 12.2 Å². The van der Waals surface area contributed by atoms with E-state index in [-0.39, 0.29) is 0 Å². The predicted molar refractivity (Wildman–Crippen MR) is 87.4 cm³/mol. The molecule has 1 heteroatoms. The lowest BCUT2D eigenvalue weighted by molar-refractivity contribution is 1.40. The van der Waals surface area contributed by atoms with Crippen LogP contribution in [0, 0.1) is 6.92 Å². The average Bonchev–Trinajstić information content (AvgIpc) is 2.49. The number of aryl methyl sites for hydroxylation is 1. The van der Waals surface area contributed by atoms with E-state index in [1.54, 1.807) is 0 Å². The molecule has 0 fully saturated rings. The van der Waals surface area contributed by atoms with Crippen LogP contribution in [0.15, 0.2) is 61.7 Å². The molecule has 0 aliphatic rings. The molecule has 2 rings (SSSR count). The molecule has 0 unspecified atom stereocenters. The molecule has 98 valence electrons. The third-order valence-corrected chi connectivity index (χ3v) is 2.99. The quantitative estimate of drug-likeness (QED) is 0.627. The van der Waals surface area contributed by atoms with Crippen molar-refractivity contribution in [3.8, 4) is 0 Å². The molecule has 0 saturated heterocycles. The molecule has 0 radical (unpaired) electrons. The summed E-state index contributed by atoms with van der Waals surface area (Å²) in [7, 11) is 0. The van der Waals surface area contributed by atoms with E-state index in [4.69, 9.17) is 11.6 Å². The van der Waals surface area contributed by atoms with Gasteiger partial charge in [-0.15, -0.1) is 11.6 Å². The van der Waals surface area contributed by atoms with Crippen molar-refractivity contribution in [3.05, 3.63) is 83.9 Å². The SMILES string of the molecule is C=Cc1ccc(C)cc1.C=Cc1ccc(CCl)cc1. The Morgan fingerprint density at radius 3 is 1.63 bits per heavy atom. The highest BCUT2D eigenvalue weighted by Crippen LogP contribution is 2.07. The Balaban J connectivity index is 0.000000191. The van der Waals surface area contributed by atoms with Crippen molar-refractivity contribution in [1.82, 2.24) is 0 Å². The van der Waals surface area contributed by atoms with Crippen molar-refractivity contribution in [2.24, 2.45) is 0 Å². The van der Waals surface area contributed by atoms with Gasteiger partial charge < -0.3 is 0 Å². The van der Waals surface area contributed by atoms with Gasteiger partial charge in [0.25, 0.3) is 0 Å². The Labute approximate surface area is 121 Å². The second kappa shape index (κ2) is 8.34. The van der Waals surface area contributed by atoms with Gasteiger partial charge in [-0.25, -0.2) is 0 Å². The molecule has 0 atom stereocenters. The van der Waals surface area contributed by atoms with Gasteiger partial charge >= 0.3 is 0 Å². The number of rotatable bonds is 3. The fourth-order valence-corrected chi connectivity index (χ4v) is 1.62. The van der Waals surface area contributed by atoms with Gasteiger partial charge in [-0.3, -0.25) is 0 Å². The van der Waals surface area contributed by atoms with Gasteiger partial charge in [0.05, 0.1) is 0 Å². The fourth-order valence-electron chi connectivity index (χ4n) is 1.45. The van der Waals surface area contributed by atoms with Crippen LogP contribution in [0.2, 0.25) is 0 Å². The van der Waals surface area contributed by atoms with Crippen LogP contribution >= 0.6 is 11.6 Å². The molecular formula is C18H19Cl. The first-order valence-corrected chi connectivity index (χ1v) is 6.69. The van der Waals surface area contributed by atoms with Crippen LogP contribution < -0.4 is 0 Å². The first-order chi connectivity index (χ1) is 9.19. The van der Waals surface area contributed by atoms with Crippen molar-refractivity contribution in [1.29, 1.82) is 0 Å². The molecule has 2 aromatic carbocycles. The summed E-state index contributed by atoms with van der Waals surface area (Å²) in [5.41, 5.74) is 4.75. The molecule has 19 heavy (non-hydrogen) atoms. The minimum atomic E-state index is 0.581. The summed E-state index contributed by atoms with van der Waals surface area (Å²) in [5, 5.41) is 0. The smallest absolute Gasteiger partial charge is 0.0474 e. The van der Waals surface area contributed by atoms with Crippen LogP contribution in [0.3, 0.4) is 0 Å². The van der Waals surface area contributed by atoms with E-state index in [1.807, 2.05) is 36.4 Å². The maximum atomic E-state index is 5.60. The maximum Gasteiger partial charge on any atom is 0.0474 e. The lowest BCUT2D eigenvalue weighted by atomic mass is 10.1. The van der Waals surface area contributed by atoms with E-state index in [0.29, 0.717) is 5.88 Å². The summed E-state index contributed by atoms with van der Waals surface area (Å²) < 4.78 is 0. The minimum Gasteiger partial charge on any atom is -0.122 e. The van der Waals surface area contributed by atoms with E-state index in [2.05, 4.69) is 44.3 Å². The van der Waals surface area contributed by atoms with E-state index in [9.17, 15) is 0 Å². The maximum absolute atomic E-state index is 5.60. The Kier molecular flexibility index (Phi) is 6.70. The third kappa shape index (κ3) is 5.58. The molecule has 0 N–H and O–H groups in total. The summed E-state index contributed by atoms with van der Waals surface area (Å²) in [5.74, 6) is 0.581. The number of halogens is 1. The zero-order valence-electron chi connectivity index (χ0n) is 11.3. The lowest BCUT2D eigenvalue weighted by Gasteiger charge is -1.94. The lowest BCUT2D eigenvalue weighted by Crippen LogP contribution is -1.76. The first kappa shape index (κ1) is 15.3. The summed E-state index contributed by atoms with van der Waals surface area (Å²) in [6, 6.07) is 16.3. The van der Waals surface area contributed by atoms with E-state index in [1.165, 1.54) is 11.1 Å². The largest absolute Gasteiger partial charge is 0.122 e. The summed E-state index contributed by atoms with van der Waals surface area (Å²) >= 11 is 5.60. The second-order valence-corrected chi connectivity index (χ2v) is 4.46. The highest BCUT2D eigenvalue weighted by Gasteiger charge is 1.87. The Morgan fingerprint density at radius 1 is 0.842 bits per heavy atom. The van der Waals surface area contributed by atoms with Crippen molar-refractivity contribution in [2.75, 3.05) is 0 Å². The second-order valence-electron chi connectivity index (χ2n) is 4.19. The number of hydrogen-bond acceptors (Lipinski definition) is 0. The summed E-state index contributed by atoms with van der Waals surface area (Å²) in [6.45, 7) is 9.39. The Bertz CT molecular complexity index is 506. The van der Waals surface area contributed by atoms with Gasteiger partial charge in [-0.1, -0.05) is 79.4 Å². The zero-order chi connectivity index (χ0) is 14.1. The normalized spacial score (nSPS) is 9.16. The van der Waals surface area contributed by atoms with Crippen LogP contribution in [-0.2, 0) is 5.88 Å². The van der Waals surface area contributed by atoms with Crippen LogP contribution in [0.5, 0.6) is 0 Å². The number of benzene rings is 2. The van der Waals surface area contributed by atoms with Gasteiger partial charge in [-0.05, 0) is 23.6 Å². The van der Waals surface area contributed by atoms with Gasteiger partial charge in [0.2, 0.25) is 0 Å². The van der Waals surface area contributed by atoms with Crippen LogP contribution in [0.4, 0.5) is 0 Å². The molecule has 0 aliphatic heterocycles. The zero-order valence-corrected chi connectivity index (χ0v) is 12.0. The van der Waals surface area contributed by atoms with Crippen LogP contribution in [0.1, 0.15) is 22.3 Å². The van der Waals surface area contributed by atoms with E-state index >= 15 is 0 Å². The topological polar surface area (TPSA) is 0 Å². The first-order valence-electron chi connectivity index (χ1n) is 6.16. The molecule has 0 amide bonds. The van der Waals surface area contributed by atoms with Gasteiger partial charge in [0, 0.05) is 5.88 Å². The van der Waals surface area contributed by atoms with E-state index in [0.717, 1.165) is 11.1 Å². The Hall–Kier alpha value is -1.79. The standard InChI is InChI=1S/C9H9Cl.C9H10/c1-2-8-3-5-9(7-10)6-4-8;1-3-9-6-4-8(2)5-7-9/h2-6H,1,7H2;3-7H,1H2,2H3. The Morgan fingerprint density at radius 2 is 1.26 bits per heavy atom. The molecule has 0 spiro atoms. The molecular weight excluding hydrogens is 252 g/mol. The van der Waals surface area contributed by atoms with Gasteiger partial charge in [0.1, 0.15) is 0 Å². The minimum absolute atomic E-state index is 0.581. The van der Waals surface area contributed by atoms with Crippen molar-refractivity contribution in [2.45, 2.75) is 12.8 Å². The molecule has 2 aromatic rings. The highest BCUT2D eigenvalue weighted by atomic mass is 35.5. The molecule has 0 aliphatic carbocycles. The summed E-state index contributed by atoms with van der Waals surface area (Å²) in [4.78, 5) is 0. The highest BCUT2D eigenvalue weighted by molar-refractivity contribution is 6.17. The molecule has 0 bridgehead atoms. The molecule has 0 saturated carbocycles. The molecule has 0 aromatic heterocycles. The van der Waals surface area contributed by atoms with E-state index < -0.39 is 0 Å². The average molecular weight is 271 g/mol. The third-order valence-electron chi connectivity index (χ3n) is 2.68. The van der Waals surface area contributed by atoms with Gasteiger partial charge in [0.15, 0.2) is 0 Å². The fraction of sp³-hybridized carbons (Fsp3) is 0.111. The number of alkyl halides is 1. The molecule has 0 heterocycles. The van der Waals surface area contributed by atoms with Crippen LogP contribution in [-0.4, -0.2) is 0 Å². The predicted octanol–water partition coefficient (Wildman–Crippen LogP) is 5.71. The molecule has 0 nitrogen and oxygen atoms in total. The number of hydrogen-bond donors (Lipinski definition) is 0. The summed E-state index contributed by atoms with van der Waals surface area (Å²) in [6.07, 6.45) is 3.66. The van der Waals surface area contributed by atoms with Gasteiger partial charge in [-0.2, -0.15) is 0 Å².